The number of aryl methyl sites for hydroxylation is 1. The molecule has 0 radical (unpaired) electrons. The van der Waals surface area contributed by atoms with Gasteiger partial charge in [-0.1, -0.05) is 24.3 Å². The first-order valence-electron chi connectivity index (χ1n) is 10.4. The quantitative estimate of drug-likeness (QED) is 0.313. The molecular weight excluding hydrogens is 445 g/mol. The molecule has 33 heavy (non-hydrogen) atoms. The molecule has 0 aliphatic heterocycles. The van der Waals surface area contributed by atoms with E-state index in [0.29, 0.717) is 28.1 Å². The normalized spacial score (nSPS) is 14.0. The lowest BCUT2D eigenvalue weighted by Crippen LogP contribution is -2.29. The molecule has 3 aromatic rings. The van der Waals surface area contributed by atoms with Crippen molar-refractivity contribution in [1.29, 1.82) is 0 Å². The number of carbonyl (C=O) groups excluding carboxylic acids is 1. The van der Waals surface area contributed by atoms with Gasteiger partial charge in [0.15, 0.2) is 0 Å². The fraction of sp³-hybridized carbons (Fsp3) is 0.304. The molecule has 0 aliphatic carbocycles. The molecule has 2 unspecified atom stereocenters. The van der Waals surface area contributed by atoms with E-state index in [1.807, 2.05) is 30.3 Å². The maximum absolute atomic E-state index is 12.7. The van der Waals surface area contributed by atoms with Gasteiger partial charge in [-0.05, 0) is 43.9 Å². The lowest BCUT2D eigenvalue weighted by atomic mass is 10.0. The molecule has 0 aliphatic rings. The molecule has 10 heteroatoms. The van der Waals surface area contributed by atoms with Crippen molar-refractivity contribution in [2.24, 2.45) is 11.5 Å². The Morgan fingerprint density at radius 1 is 1.24 bits per heavy atom. The summed E-state index contributed by atoms with van der Waals surface area (Å²) >= 11 is 0. The number of pyridine rings is 1. The summed E-state index contributed by atoms with van der Waals surface area (Å²) in [5.41, 5.74) is 13.4. The van der Waals surface area contributed by atoms with Crippen molar-refractivity contribution in [3.8, 4) is 11.5 Å². The number of rotatable bonds is 9. The van der Waals surface area contributed by atoms with Crippen LogP contribution in [0.4, 0.5) is 0 Å². The van der Waals surface area contributed by atoms with E-state index in [-0.39, 0.29) is 18.9 Å². The molecule has 9 nitrogen and oxygen atoms in total. The first-order chi connectivity index (χ1) is 15.7. The van der Waals surface area contributed by atoms with Gasteiger partial charge in [-0.15, -0.1) is 0 Å². The number of benzene rings is 2. The molecule has 0 fully saturated rings. The third kappa shape index (κ3) is 5.89. The molecule has 0 amide bonds. The molecule has 3 rings (SSSR count). The highest BCUT2D eigenvalue weighted by Crippen LogP contribution is 2.38. The van der Waals surface area contributed by atoms with E-state index in [9.17, 15) is 14.5 Å². The Balaban J connectivity index is 1.81. The number of nitrogens with zero attached hydrogens (tertiary/aromatic N) is 1. The predicted molar refractivity (Wildman–Crippen MR) is 125 cm³/mol. The van der Waals surface area contributed by atoms with E-state index in [1.165, 1.54) is 6.20 Å². The van der Waals surface area contributed by atoms with Crippen LogP contribution in [0.5, 0.6) is 11.5 Å². The highest BCUT2D eigenvalue weighted by molar-refractivity contribution is 7.33. The zero-order valence-corrected chi connectivity index (χ0v) is 19.7. The largest absolute Gasteiger partial charge is 0.506 e. The topological polar surface area (TPSA) is 147 Å². The van der Waals surface area contributed by atoms with Gasteiger partial charge in [0.1, 0.15) is 23.6 Å². The zero-order valence-electron chi connectivity index (χ0n) is 18.7. The molecule has 0 saturated heterocycles. The van der Waals surface area contributed by atoms with Crippen molar-refractivity contribution < 1.29 is 28.3 Å². The minimum Gasteiger partial charge on any atom is -0.506 e. The smallest absolute Gasteiger partial charge is 0.368 e. The number of carbonyl (C=O) groups is 1. The second-order valence-electron chi connectivity index (χ2n) is 7.65. The van der Waals surface area contributed by atoms with Crippen molar-refractivity contribution in [1.82, 2.24) is 4.98 Å². The molecule has 0 spiro atoms. The van der Waals surface area contributed by atoms with Gasteiger partial charge < -0.3 is 25.8 Å². The summed E-state index contributed by atoms with van der Waals surface area (Å²) < 4.78 is 29.1. The van der Waals surface area contributed by atoms with E-state index in [4.69, 9.17) is 25.3 Å². The summed E-state index contributed by atoms with van der Waals surface area (Å²) in [4.78, 5) is 16.0. The van der Waals surface area contributed by atoms with Gasteiger partial charge in [-0.2, -0.15) is 0 Å². The van der Waals surface area contributed by atoms with Crippen LogP contribution in [0.2, 0.25) is 0 Å². The van der Waals surface area contributed by atoms with Crippen LogP contribution in [-0.4, -0.2) is 22.1 Å². The maximum Gasteiger partial charge on any atom is 0.368 e. The fourth-order valence-corrected chi connectivity index (χ4v) is 3.94. The number of ether oxygens (including phenoxy) is 1. The van der Waals surface area contributed by atoms with E-state index < -0.39 is 26.4 Å². The monoisotopic (exact) mass is 473 g/mol. The van der Waals surface area contributed by atoms with Crippen molar-refractivity contribution >= 4 is 25.0 Å². The first-order valence-corrected chi connectivity index (χ1v) is 11.6. The Labute approximate surface area is 192 Å². The molecule has 1 heterocycles. The SMILES string of the molecule is Cc1ncc(CO[PH](=O)Oc2cc(C(C)OC(=O)[C@H](C)N)cc3ccccc23)c(CN)c1O. The Bertz CT molecular complexity index is 1180. The zero-order chi connectivity index (χ0) is 24.1. The van der Waals surface area contributed by atoms with Crippen LogP contribution < -0.4 is 16.0 Å². The van der Waals surface area contributed by atoms with Crippen molar-refractivity contribution in [2.45, 2.75) is 46.1 Å². The number of fused-ring (bicyclic) bond motifs is 1. The van der Waals surface area contributed by atoms with Crippen molar-refractivity contribution in [3.63, 3.8) is 0 Å². The Morgan fingerprint density at radius 3 is 2.67 bits per heavy atom. The Kier molecular flexibility index (Phi) is 8.05. The van der Waals surface area contributed by atoms with Gasteiger partial charge in [0.2, 0.25) is 0 Å². The molecule has 2 aromatic carbocycles. The summed E-state index contributed by atoms with van der Waals surface area (Å²) in [6.45, 7) is 4.92. The van der Waals surface area contributed by atoms with E-state index in [1.54, 1.807) is 26.8 Å². The fourth-order valence-electron chi connectivity index (χ4n) is 3.26. The average Bonchev–Trinajstić information content (AvgIpc) is 2.79. The van der Waals surface area contributed by atoms with Crippen LogP contribution in [0.3, 0.4) is 0 Å². The molecule has 0 saturated carbocycles. The van der Waals surface area contributed by atoms with Crippen LogP contribution in [0.15, 0.2) is 42.6 Å². The first kappa shape index (κ1) is 24.7. The number of hydrogen-bond acceptors (Lipinski definition) is 9. The molecule has 1 aromatic heterocycles. The van der Waals surface area contributed by atoms with E-state index in [0.717, 1.165) is 10.8 Å². The van der Waals surface area contributed by atoms with Crippen molar-refractivity contribution in [3.05, 3.63) is 65.0 Å². The number of esters is 1. The maximum atomic E-state index is 12.7. The Hall–Kier alpha value is -2.97. The third-order valence-electron chi connectivity index (χ3n) is 5.15. The van der Waals surface area contributed by atoms with Gasteiger partial charge in [-0.3, -0.25) is 14.3 Å². The third-order valence-corrected chi connectivity index (χ3v) is 5.92. The molecule has 176 valence electrons. The minimum atomic E-state index is -2.98. The van der Waals surface area contributed by atoms with Gasteiger partial charge in [-0.25, -0.2) is 4.57 Å². The average molecular weight is 473 g/mol. The summed E-state index contributed by atoms with van der Waals surface area (Å²) in [5, 5.41) is 11.7. The molecular formula is C23H28N3O6P. The standard InChI is InChI=1S/C23H28N3O6P/c1-13(25)23(28)31-15(3)17-8-16-6-4-5-7-19(16)21(9-17)32-33(29)30-12-18-11-26-14(2)22(27)20(18)10-24/h4-9,11,13,15,27,33H,10,12,24-25H2,1-3H3/t13-,15?/m0/s1. The molecule has 0 bridgehead atoms. The summed E-state index contributed by atoms with van der Waals surface area (Å²) in [5.74, 6) is -0.200. The van der Waals surface area contributed by atoms with Crippen LogP contribution in [0, 0.1) is 6.92 Å². The number of aromatic hydroxyl groups is 1. The summed E-state index contributed by atoms with van der Waals surface area (Å²) in [7, 11) is -2.98. The highest BCUT2D eigenvalue weighted by Gasteiger charge is 2.18. The van der Waals surface area contributed by atoms with Crippen LogP contribution >= 0.6 is 8.25 Å². The number of nitrogens with two attached hydrogens (primary N) is 2. The Morgan fingerprint density at radius 2 is 1.97 bits per heavy atom. The lowest BCUT2D eigenvalue weighted by molar-refractivity contribution is -0.149. The summed E-state index contributed by atoms with van der Waals surface area (Å²) in [6, 6.07) is 10.2. The lowest BCUT2D eigenvalue weighted by Gasteiger charge is -2.18. The van der Waals surface area contributed by atoms with Crippen LogP contribution in [-0.2, 0) is 31.8 Å². The molecule has 3 atom stereocenters. The van der Waals surface area contributed by atoms with Crippen LogP contribution in [0.25, 0.3) is 10.8 Å². The van der Waals surface area contributed by atoms with Crippen molar-refractivity contribution in [2.75, 3.05) is 0 Å². The summed E-state index contributed by atoms with van der Waals surface area (Å²) in [6.07, 6.45) is 0.934. The highest BCUT2D eigenvalue weighted by atomic mass is 31.1. The minimum absolute atomic E-state index is 0.00628. The molecule has 5 N–H and O–H groups in total. The van der Waals surface area contributed by atoms with E-state index >= 15 is 0 Å². The van der Waals surface area contributed by atoms with Gasteiger partial charge in [0, 0.05) is 29.3 Å². The number of hydrogen-bond donors (Lipinski definition) is 3. The van der Waals surface area contributed by atoms with Gasteiger partial charge in [0.05, 0.1) is 12.3 Å². The second kappa shape index (κ2) is 10.8. The van der Waals surface area contributed by atoms with Crippen LogP contribution in [0.1, 0.15) is 42.3 Å². The van der Waals surface area contributed by atoms with Gasteiger partial charge in [0.25, 0.3) is 0 Å². The number of aromatic nitrogens is 1. The second-order valence-corrected chi connectivity index (χ2v) is 8.64. The predicted octanol–water partition coefficient (Wildman–Crippen LogP) is 3.64. The van der Waals surface area contributed by atoms with E-state index in [2.05, 4.69) is 4.98 Å². The van der Waals surface area contributed by atoms with Gasteiger partial charge >= 0.3 is 14.2 Å².